The number of hydrogen-bond acceptors (Lipinski definition) is 1. The van der Waals surface area contributed by atoms with Gasteiger partial charge in [0, 0.05) is 13.2 Å². The van der Waals surface area contributed by atoms with Crippen LogP contribution in [0.1, 0.15) is 19.3 Å². The van der Waals surface area contributed by atoms with E-state index in [-0.39, 0.29) is 24.8 Å². The summed E-state index contributed by atoms with van der Waals surface area (Å²) in [5.74, 6) is 0. The van der Waals surface area contributed by atoms with Crippen LogP contribution < -0.4 is 24.8 Å². The Balaban J connectivity index is 0. The summed E-state index contributed by atoms with van der Waals surface area (Å²) in [4.78, 5) is 0. The van der Waals surface area contributed by atoms with Gasteiger partial charge >= 0.3 is 50.9 Å². The minimum atomic E-state index is 0. The number of ether oxygens (including phenoxy) is 1. The van der Waals surface area contributed by atoms with E-state index in [9.17, 15) is 0 Å². The normalized spacial score (nSPS) is 16.8. The van der Waals surface area contributed by atoms with E-state index in [2.05, 4.69) is 23.9 Å². The van der Waals surface area contributed by atoms with Crippen molar-refractivity contribution in [3.8, 4) is 0 Å². The molecule has 4 heteroatoms. The van der Waals surface area contributed by atoms with Gasteiger partial charge in [-0.05, 0) is 12.8 Å². The van der Waals surface area contributed by atoms with E-state index in [4.69, 9.17) is 4.74 Å². The van der Waals surface area contributed by atoms with Gasteiger partial charge in [-0.3, -0.25) is 0 Å². The Bertz CT molecular complexity index is 169. The van der Waals surface area contributed by atoms with Gasteiger partial charge in [0.1, 0.15) is 0 Å². The van der Waals surface area contributed by atoms with Crippen LogP contribution in [-0.4, -0.2) is 13.2 Å². The van der Waals surface area contributed by atoms with Crippen molar-refractivity contribution in [3.63, 3.8) is 0 Å². The van der Waals surface area contributed by atoms with Gasteiger partial charge in [0.2, 0.25) is 0 Å². The fourth-order valence-corrected chi connectivity index (χ4v) is 1.93. The fraction of sp³-hybridized carbons (Fsp3) is 0.600. The molecule has 0 saturated carbocycles. The molecule has 0 aromatic rings. The molecule has 0 spiro atoms. The first-order chi connectivity index (χ1) is 5.93. The standard InChI is InChI=1S/C5H5.C4H8O.CH3.2ClH.V/c2*1-2-4-5-3-1;;;;/h1-3H,4H2;1-4H2;1H3;2*1H;/q;;;;;+2/p-2. The van der Waals surface area contributed by atoms with Crippen LogP contribution in [0.15, 0.2) is 22.5 Å². The maximum atomic E-state index is 4.94. The molecule has 0 aromatic carbocycles. The molecule has 0 radical (unpaired) electrons. The molecule has 2 aliphatic rings. The van der Waals surface area contributed by atoms with Gasteiger partial charge in [0.25, 0.3) is 0 Å². The van der Waals surface area contributed by atoms with E-state index < -0.39 is 0 Å². The number of allylic oxidation sites excluding steroid dienone is 4. The number of halogens is 2. The summed E-state index contributed by atoms with van der Waals surface area (Å²) in [5, 5.41) is 0. The third-order valence-electron chi connectivity index (χ3n) is 1.87. The van der Waals surface area contributed by atoms with Crippen molar-refractivity contribution in [2.24, 2.45) is 0 Å². The summed E-state index contributed by atoms with van der Waals surface area (Å²) in [6.07, 6.45) is 10.4. The first-order valence-electron chi connectivity index (χ1n) is 4.47. The van der Waals surface area contributed by atoms with Crippen LogP contribution in [-0.2, 0) is 21.0 Å². The third kappa shape index (κ3) is 7.96. The van der Waals surface area contributed by atoms with Crippen LogP contribution in [0.5, 0.6) is 0 Å². The Hall–Kier alpha value is 0.604. The van der Waals surface area contributed by atoms with Gasteiger partial charge in [-0.15, -0.1) is 0 Å². The molecule has 0 unspecified atom stereocenters. The SMILES string of the molecule is C1CCOC1.[CH3][V+2][C]1=CC=CC1.[Cl-].[Cl-]. The zero-order valence-corrected chi connectivity index (χ0v) is 11.3. The first kappa shape index (κ1) is 17.0. The van der Waals surface area contributed by atoms with Crippen molar-refractivity contribution in [2.45, 2.75) is 24.9 Å². The van der Waals surface area contributed by atoms with Gasteiger partial charge < -0.3 is 29.6 Å². The molecule has 0 bridgehead atoms. The van der Waals surface area contributed by atoms with Crippen LogP contribution >= 0.6 is 0 Å². The molecule has 1 aliphatic carbocycles. The largest absolute Gasteiger partial charge is 1.00 e. The van der Waals surface area contributed by atoms with Crippen molar-refractivity contribution < 1.29 is 45.8 Å². The van der Waals surface area contributed by atoms with E-state index in [0.717, 1.165) is 13.2 Å². The van der Waals surface area contributed by atoms with Crippen molar-refractivity contribution in [2.75, 3.05) is 13.2 Å². The van der Waals surface area contributed by atoms with E-state index in [1.165, 1.54) is 19.3 Å². The Morgan fingerprint density at radius 3 is 2.07 bits per heavy atom. The zero-order chi connectivity index (χ0) is 8.65. The van der Waals surface area contributed by atoms with E-state index in [1.54, 1.807) is 4.28 Å². The average molecular weight is 274 g/mol. The summed E-state index contributed by atoms with van der Waals surface area (Å²) in [6, 6.07) is 0. The van der Waals surface area contributed by atoms with Gasteiger partial charge in [-0.25, -0.2) is 0 Å². The fourth-order valence-electron chi connectivity index (χ4n) is 1.11. The zero-order valence-electron chi connectivity index (χ0n) is 8.38. The summed E-state index contributed by atoms with van der Waals surface area (Å²) < 4.78 is 6.59. The molecule has 1 saturated heterocycles. The third-order valence-corrected chi connectivity index (χ3v) is 3.28. The molecular weight excluding hydrogens is 258 g/mol. The Morgan fingerprint density at radius 2 is 1.86 bits per heavy atom. The second-order valence-electron chi connectivity index (χ2n) is 2.83. The van der Waals surface area contributed by atoms with E-state index in [1.807, 2.05) is 0 Å². The molecule has 1 aliphatic heterocycles. The second-order valence-corrected chi connectivity index (χ2v) is 4.43. The molecule has 0 N–H and O–H groups in total. The molecule has 2 rings (SSSR count). The van der Waals surface area contributed by atoms with Crippen molar-refractivity contribution in [3.05, 3.63) is 22.5 Å². The molecule has 0 aromatic heterocycles. The van der Waals surface area contributed by atoms with E-state index >= 15 is 0 Å². The van der Waals surface area contributed by atoms with Gasteiger partial charge in [-0.2, -0.15) is 0 Å². The first-order valence-corrected chi connectivity index (χ1v) is 6.56. The Morgan fingerprint density at radius 1 is 1.21 bits per heavy atom. The molecule has 0 atom stereocenters. The monoisotopic (exact) mass is 273 g/mol. The minimum Gasteiger partial charge on any atom is -1.00 e. The Labute approximate surface area is 106 Å². The average Bonchev–Trinajstić information content (AvgIpc) is 2.81. The maximum Gasteiger partial charge on any atom is -1.00 e. The van der Waals surface area contributed by atoms with Gasteiger partial charge in [-0.1, -0.05) is 0 Å². The van der Waals surface area contributed by atoms with Crippen molar-refractivity contribution in [1.82, 2.24) is 0 Å². The van der Waals surface area contributed by atoms with Crippen molar-refractivity contribution >= 4 is 0 Å². The summed E-state index contributed by atoms with van der Waals surface area (Å²) in [6.45, 7) is 2.00. The Kier molecular flexibility index (Phi) is 14.2. The van der Waals surface area contributed by atoms with Crippen molar-refractivity contribution in [1.29, 1.82) is 0 Å². The molecule has 81 valence electrons. The van der Waals surface area contributed by atoms with Gasteiger partial charge in [0.05, 0.1) is 0 Å². The second kappa shape index (κ2) is 11.7. The van der Waals surface area contributed by atoms with Crippen LogP contribution in [0.4, 0.5) is 0 Å². The summed E-state index contributed by atoms with van der Waals surface area (Å²) >= 11 is 0.523. The molecule has 1 heterocycles. The topological polar surface area (TPSA) is 9.23 Å². The molecule has 0 amide bonds. The molecular formula is C10H16Cl2OV. The molecule has 14 heavy (non-hydrogen) atoms. The maximum absolute atomic E-state index is 4.94. The quantitative estimate of drug-likeness (QED) is 0.488. The van der Waals surface area contributed by atoms with Crippen LogP contribution in [0.2, 0.25) is 5.64 Å². The van der Waals surface area contributed by atoms with Gasteiger partial charge in [0.15, 0.2) is 0 Å². The summed E-state index contributed by atoms with van der Waals surface area (Å²) in [7, 11) is 0. The summed E-state index contributed by atoms with van der Waals surface area (Å²) in [5.41, 5.74) is 2.29. The van der Waals surface area contributed by atoms with Crippen LogP contribution in [0, 0.1) is 0 Å². The van der Waals surface area contributed by atoms with Crippen LogP contribution in [0.25, 0.3) is 0 Å². The smallest absolute Gasteiger partial charge is 1.00 e. The molecule has 1 nitrogen and oxygen atoms in total. The number of hydrogen-bond donors (Lipinski definition) is 0. The minimum absolute atomic E-state index is 0. The van der Waals surface area contributed by atoms with E-state index in [0.29, 0.717) is 16.3 Å². The predicted molar refractivity (Wildman–Crippen MR) is 47.8 cm³/mol. The molecule has 1 fully saturated rings. The number of rotatable bonds is 1. The predicted octanol–water partition coefficient (Wildman–Crippen LogP) is -3.23. The van der Waals surface area contributed by atoms with Crippen LogP contribution in [0.3, 0.4) is 0 Å².